The molecule has 0 saturated heterocycles. The minimum Gasteiger partial charge on any atom is -0.475 e. The number of amides is 1. The second-order valence-electron chi connectivity index (χ2n) is 13.9. The van der Waals surface area contributed by atoms with Crippen molar-refractivity contribution < 1.29 is 17.9 Å². The number of carbonyl (C=O) groups is 1. The lowest BCUT2D eigenvalue weighted by Gasteiger charge is -2.35. The average Bonchev–Trinajstić information content (AvgIpc) is 3.42. The first-order chi connectivity index (χ1) is 21.0. The van der Waals surface area contributed by atoms with Gasteiger partial charge in [0.05, 0.1) is 28.9 Å². The molecule has 1 aliphatic heterocycles. The SMILES string of the molecule is Cc1cccc(C)c1-c1cc2nc(n1)NS(=O)(=O)c1cccc(c1)C(=O)N(Cc1nc(C(C)(C)C)cs1)[C@H](CC(C)(C)C)CO2. The molecule has 3 heterocycles. The van der Waals surface area contributed by atoms with Crippen molar-refractivity contribution in [3.05, 3.63) is 81.3 Å². The van der Waals surface area contributed by atoms with Gasteiger partial charge in [0.15, 0.2) is 0 Å². The van der Waals surface area contributed by atoms with E-state index in [1.165, 1.54) is 23.5 Å². The molecule has 5 rings (SSSR count). The van der Waals surface area contributed by atoms with Gasteiger partial charge in [0.1, 0.15) is 11.6 Å². The molecule has 2 aromatic carbocycles. The van der Waals surface area contributed by atoms with Gasteiger partial charge in [0.25, 0.3) is 15.9 Å². The van der Waals surface area contributed by atoms with Gasteiger partial charge in [-0.2, -0.15) is 4.98 Å². The van der Waals surface area contributed by atoms with Crippen molar-refractivity contribution in [3.8, 4) is 17.1 Å². The largest absolute Gasteiger partial charge is 0.475 e. The molecule has 11 heteroatoms. The lowest BCUT2D eigenvalue weighted by molar-refractivity contribution is 0.0512. The lowest BCUT2D eigenvalue weighted by atomic mass is 9.87. The van der Waals surface area contributed by atoms with Crippen LogP contribution in [-0.2, 0) is 22.0 Å². The molecule has 0 radical (unpaired) electrons. The van der Waals surface area contributed by atoms with Crippen LogP contribution in [0.5, 0.6) is 5.88 Å². The maximum absolute atomic E-state index is 14.3. The van der Waals surface area contributed by atoms with Gasteiger partial charge in [-0.05, 0) is 55.0 Å². The van der Waals surface area contributed by atoms with Gasteiger partial charge >= 0.3 is 0 Å². The Morgan fingerprint density at radius 2 is 1.67 bits per heavy atom. The Labute approximate surface area is 270 Å². The van der Waals surface area contributed by atoms with Crippen LogP contribution in [0.15, 0.2) is 58.8 Å². The minimum atomic E-state index is -4.14. The number of rotatable bonds is 4. The topological polar surface area (TPSA) is 114 Å². The number of anilines is 1. The maximum atomic E-state index is 14.3. The van der Waals surface area contributed by atoms with Gasteiger partial charge < -0.3 is 9.64 Å². The number of aromatic nitrogens is 3. The fourth-order valence-electron chi connectivity index (χ4n) is 5.42. The van der Waals surface area contributed by atoms with E-state index in [0.717, 1.165) is 27.4 Å². The van der Waals surface area contributed by atoms with Gasteiger partial charge in [0.2, 0.25) is 11.8 Å². The molecular weight excluding hydrogens is 607 g/mol. The van der Waals surface area contributed by atoms with Crippen molar-refractivity contribution in [1.29, 1.82) is 0 Å². The van der Waals surface area contributed by atoms with Crippen LogP contribution >= 0.6 is 11.3 Å². The van der Waals surface area contributed by atoms with E-state index in [9.17, 15) is 13.2 Å². The molecule has 45 heavy (non-hydrogen) atoms. The highest BCUT2D eigenvalue weighted by Crippen LogP contribution is 2.32. The van der Waals surface area contributed by atoms with E-state index < -0.39 is 10.0 Å². The van der Waals surface area contributed by atoms with Crippen molar-refractivity contribution in [3.63, 3.8) is 0 Å². The van der Waals surface area contributed by atoms with Gasteiger partial charge in [-0.1, -0.05) is 65.8 Å². The Morgan fingerprint density at radius 1 is 0.978 bits per heavy atom. The van der Waals surface area contributed by atoms with Crippen LogP contribution in [-0.4, -0.2) is 46.8 Å². The normalized spacial score (nSPS) is 17.0. The summed E-state index contributed by atoms with van der Waals surface area (Å²) >= 11 is 1.51. The van der Waals surface area contributed by atoms with Gasteiger partial charge in [-0.3, -0.25) is 4.79 Å². The summed E-state index contributed by atoms with van der Waals surface area (Å²) in [6, 6.07) is 13.4. The van der Waals surface area contributed by atoms with E-state index in [1.807, 2.05) is 37.4 Å². The molecule has 1 N–H and O–H groups in total. The molecule has 1 atom stereocenters. The third-order valence-corrected chi connectivity index (χ3v) is 9.82. The smallest absolute Gasteiger partial charge is 0.264 e. The molecule has 0 fully saturated rings. The second-order valence-corrected chi connectivity index (χ2v) is 16.5. The van der Waals surface area contributed by atoms with Crippen molar-refractivity contribution in [2.75, 3.05) is 11.3 Å². The maximum Gasteiger partial charge on any atom is 0.264 e. The van der Waals surface area contributed by atoms with Crippen LogP contribution in [0.3, 0.4) is 0 Å². The highest BCUT2D eigenvalue weighted by Gasteiger charge is 2.32. The Morgan fingerprint density at radius 3 is 2.31 bits per heavy atom. The number of sulfonamides is 1. The number of fused-ring (bicyclic) bond motifs is 4. The predicted molar refractivity (Wildman–Crippen MR) is 178 cm³/mol. The first kappa shape index (κ1) is 32.6. The zero-order valence-electron chi connectivity index (χ0n) is 27.1. The van der Waals surface area contributed by atoms with E-state index in [1.54, 1.807) is 23.1 Å². The number of benzene rings is 2. The van der Waals surface area contributed by atoms with Crippen LogP contribution in [0.4, 0.5) is 5.95 Å². The van der Waals surface area contributed by atoms with E-state index >= 15 is 0 Å². The summed E-state index contributed by atoms with van der Waals surface area (Å²) < 4.78 is 36.1. The molecule has 0 unspecified atom stereocenters. The number of thiazole rings is 1. The van der Waals surface area contributed by atoms with Crippen LogP contribution in [0, 0.1) is 19.3 Å². The average molecular weight is 648 g/mol. The Kier molecular flexibility index (Phi) is 8.80. The van der Waals surface area contributed by atoms with E-state index in [0.29, 0.717) is 12.1 Å². The number of aryl methyl sites for hydroxylation is 2. The zero-order chi connectivity index (χ0) is 32.7. The number of carbonyl (C=O) groups excluding carboxylic acids is 1. The molecule has 0 saturated carbocycles. The van der Waals surface area contributed by atoms with E-state index in [-0.39, 0.29) is 58.2 Å². The summed E-state index contributed by atoms with van der Waals surface area (Å²) in [6.45, 7) is 17.0. The summed E-state index contributed by atoms with van der Waals surface area (Å²) in [5.41, 5.74) is 4.29. The number of nitrogens with zero attached hydrogens (tertiary/aromatic N) is 4. The molecule has 1 amide bonds. The van der Waals surface area contributed by atoms with Crippen LogP contribution in [0.25, 0.3) is 11.3 Å². The molecule has 4 bridgehead atoms. The fourth-order valence-corrected chi connectivity index (χ4v) is 7.43. The number of ether oxygens (including phenoxy) is 1. The van der Waals surface area contributed by atoms with Crippen molar-refractivity contribution in [2.24, 2.45) is 5.41 Å². The summed E-state index contributed by atoms with van der Waals surface area (Å²) in [4.78, 5) is 30.0. The number of hydrogen-bond donors (Lipinski definition) is 1. The Hall–Kier alpha value is -3.83. The molecule has 0 aliphatic carbocycles. The summed E-state index contributed by atoms with van der Waals surface area (Å²) in [6.07, 6.45) is 0.619. The van der Waals surface area contributed by atoms with Crippen molar-refractivity contribution in [1.82, 2.24) is 19.9 Å². The van der Waals surface area contributed by atoms with Crippen molar-refractivity contribution >= 4 is 33.2 Å². The third-order valence-electron chi connectivity index (χ3n) is 7.66. The van der Waals surface area contributed by atoms with E-state index in [4.69, 9.17) is 9.72 Å². The molecule has 0 spiro atoms. The third kappa shape index (κ3) is 7.53. The summed E-state index contributed by atoms with van der Waals surface area (Å²) in [5, 5.41) is 2.83. The van der Waals surface area contributed by atoms with Gasteiger partial charge in [0, 0.05) is 28.0 Å². The lowest BCUT2D eigenvalue weighted by Crippen LogP contribution is -2.45. The number of nitrogens with one attached hydrogen (secondary N) is 1. The van der Waals surface area contributed by atoms with Crippen LogP contribution in [0.1, 0.15) is 80.1 Å². The Balaban J connectivity index is 1.67. The van der Waals surface area contributed by atoms with Gasteiger partial charge in [-0.15, -0.1) is 11.3 Å². The molecule has 238 valence electrons. The highest BCUT2D eigenvalue weighted by atomic mass is 32.2. The molecule has 2 aromatic heterocycles. The highest BCUT2D eigenvalue weighted by molar-refractivity contribution is 7.92. The van der Waals surface area contributed by atoms with Crippen LogP contribution in [0.2, 0.25) is 0 Å². The first-order valence-corrected chi connectivity index (χ1v) is 17.3. The zero-order valence-corrected chi connectivity index (χ0v) is 28.8. The van der Waals surface area contributed by atoms with Crippen LogP contribution < -0.4 is 9.46 Å². The molecule has 4 aromatic rings. The quantitative estimate of drug-likeness (QED) is 0.250. The van der Waals surface area contributed by atoms with E-state index in [2.05, 4.69) is 56.2 Å². The summed E-state index contributed by atoms with van der Waals surface area (Å²) in [5.74, 6) is -0.199. The standard InChI is InChI=1S/C34H41N5O4S2/c1-21-11-9-12-22(2)30(21)26-16-28-37-32(35-26)38-45(41,42)25-14-10-13-23(15-25)31(40)39(24(19-43-28)17-33(3,4)5)18-29-36-27(20-44-29)34(6,7)8/h9-16,20,24H,17-19H2,1-8H3,(H,35,37,38)/t24-/m1/s1. The minimum absolute atomic E-state index is 0.0623. The molecular formula is C34H41N5O4S2. The molecule has 9 nitrogen and oxygen atoms in total. The van der Waals surface area contributed by atoms with Gasteiger partial charge in [-0.25, -0.2) is 23.1 Å². The fraction of sp³-hybridized carbons (Fsp3) is 0.412. The second kappa shape index (κ2) is 12.2. The predicted octanol–water partition coefficient (Wildman–Crippen LogP) is 7.15. The monoisotopic (exact) mass is 647 g/mol. The summed E-state index contributed by atoms with van der Waals surface area (Å²) in [7, 11) is -4.14. The van der Waals surface area contributed by atoms with Crippen molar-refractivity contribution in [2.45, 2.75) is 84.7 Å². The number of hydrogen-bond acceptors (Lipinski definition) is 8. The Bertz CT molecular complexity index is 1820. The molecule has 1 aliphatic rings. The first-order valence-electron chi connectivity index (χ1n) is 15.0.